The van der Waals surface area contributed by atoms with Gasteiger partial charge in [0, 0.05) is 12.2 Å². The van der Waals surface area contributed by atoms with Crippen LogP contribution in [0.2, 0.25) is 0 Å². The van der Waals surface area contributed by atoms with E-state index in [4.69, 9.17) is 0 Å². The molecule has 168 valence electrons. The Kier molecular flexibility index (Phi) is 5.63. The van der Waals surface area contributed by atoms with Crippen LogP contribution >= 0.6 is 0 Å². The Labute approximate surface area is 186 Å². The molecule has 0 spiro atoms. The highest BCUT2D eigenvalue weighted by molar-refractivity contribution is 6.12. The molecule has 1 amide bonds. The standard InChI is InChI=1S/C24H18F3N3O3/c1-14-17(23(32)33)4-2-6-19(14)29-22(31)18-5-3-7-20-21(18)30(13-28-20)12-15-8-10-16(11-9-15)24(25,26)27/h2-11,13H,12H2,1H3,(H,29,31)(H,32,33). The topological polar surface area (TPSA) is 84.2 Å². The number of nitrogens with zero attached hydrogens (tertiary/aromatic N) is 2. The van der Waals surface area contributed by atoms with Crippen molar-refractivity contribution >= 4 is 28.6 Å². The van der Waals surface area contributed by atoms with Gasteiger partial charge in [-0.3, -0.25) is 4.79 Å². The number of para-hydroxylation sites is 1. The smallest absolute Gasteiger partial charge is 0.416 e. The first-order valence-electron chi connectivity index (χ1n) is 9.89. The van der Waals surface area contributed by atoms with E-state index < -0.39 is 23.6 Å². The molecule has 0 saturated carbocycles. The molecule has 0 aliphatic rings. The second kappa shape index (κ2) is 8.42. The lowest BCUT2D eigenvalue weighted by Crippen LogP contribution is -2.15. The summed E-state index contributed by atoms with van der Waals surface area (Å²) >= 11 is 0. The number of hydrogen-bond acceptors (Lipinski definition) is 3. The van der Waals surface area contributed by atoms with Gasteiger partial charge >= 0.3 is 12.1 Å². The zero-order valence-electron chi connectivity index (χ0n) is 17.3. The van der Waals surface area contributed by atoms with Gasteiger partial charge in [0.1, 0.15) is 0 Å². The third kappa shape index (κ3) is 4.43. The van der Waals surface area contributed by atoms with Crippen LogP contribution in [0.5, 0.6) is 0 Å². The Balaban J connectivity index is 1.66. The molecule has 3 aromatic carbocycles. The number of carbonyl (C=O) groups is 2. The van der Waals surface area contributed by atoms with Crippen LogP contribution < -0.4 is 5.32 Å². The Morgan fingerprint density at radius 2 is 1.67 bits per heavy atom. The average Bonchev–Trinajstić information content (AvgIpc) is 3.17. The van der Waals surface area contributed by atoms with Crippen molar-refractivity contribution in [3.8, 4) is 0 Å². The number of aromatic nitrogens is 2. The van der Waals surface area contributed by atoms with Gasteiger partial charge in [0.05, 0.1) is 34.1 Å². The van der Waals surface area contributed by atoms with Crippen molar-refractivity contribution in [1.29, 1.82) is 0 Å². The van der Waals surface area contributed by atoms with E-state index in [0.29, 0.717) is 33.4 Å². The molecule has 0 fully saturated rings. The fourth-order valence-electron chi connectivity index (χ4n) is 3.62. The summed E-state index contributed by atoms with van der Waals surface area (Å²) in [6.45, 7) is 1.82. The highest BCUT2D eigenvalue weighted by atomic mass is 19.4. The van der Waals surface area contributed by atoms with Crippen LogP contribution in [-0.2, 0) is 12.7 Å². The predicted molar refractivity (Wildman–Crippen MR) is 116 cm³/mol. The van der Waals surface area contributed by atoms with E-state index in [1.54, 1.807) is 41.8 Å². The molecule has 33 heavy (non-hydrogen) atoms. The number of carbonyl (C=O) groups excluding carboxylic acids is 1. The van der Waals surface area contributed by atoms with E-state index in [1.165, 1.54) is 24.5 Å². The maximum atomic E-state index is 13.1. The van der Waals surface area contributed by atoms with Crippen LogP contribution in [-0.4, -0.2) is 26.5 Å². The molecule has 0 radical (unpaired) electrons. The first kappa shape index (κ1) is 22.1. The van der Waals surface area contributed by atoms with Crippen molar-refractivity contribution in [3.63, 3.8) is 0 Å². The van der Waals surface area contributed by atoms with Gasteiger partial charge in [0.25, 0.3) is 5.91 Å². The molecule has 1 heterocycles. The van der Waals surface area contributed by atoms with E-state index in [0.717, 1.165) is 12.1 Å². The number of halogens is 3. The minimum absolute atomic E-state index is 0.0818. The van der Waals surface area contributed by atoms with Crippen molar-refractivity contribution < 1.29 is 27.9 Å². The van der Waals surface area contributed by atoms with Crippen LogP contribution in [0.25, 0.3) is 11.0 Å². The summed E-state index contributed by atoms with van der Waals surface area (Å²) in [6, 6.07) is 14.4. The lowest BCUT2D eigenvalue weighted by molar-refractivity contribution is -0.137. The van der Waals surface area contributed by atoms with Gasteiger partial charge in [0.15, 0.2) is 0 Å². The summed E-state index contributed by atoms with van der Waals surface area (Å²) in [5.74, 6) is -1.55. The molecule has 0 aliphatic heterocycles. The van der Waals surface area contributed by atoms with Crippen molar-refractivity contribution in [2.24, 2.45) is 0 Å². The lowest BCUT2D eigenvalue weighted by Gasteiger charge is -2.13. The SMILES string of the molecule is Cc1c(NC(=O)c2cccc3ncn(Cc4ccc(C(F)(F)F)cc4)c23)cccc1C(=O)O. The van der Waals surface area contributed by atoms with Crippen molar-refractivity contribution in [2.75, 3.05) is 5.32 Å². The molecule has 1 aromatic heterocycles. The monoisotopic (exact) mass is 453 g/mol. The zero-order valence-corrected chi connectivity index (χ0v) is 17.3. The normalized spacial score (nSPS) is 11.5. The molecule has 0 saturated heterocycles. The number of nitrogens with one attached hydrogen (secondary N) is 1. The molecular weight excluding hydrogens is 435 g/mol. The molecule has 0 atom stereocenters. The summed E-state index contributed by atoms with van der Waals surface area (Å²) in [6.07, 6.45) is -2.89. The van der Waals surface area contributed by atoms with Gasteiger partial charge in [-0.1, -0.05) is 24.3 Å². The number of aromatic carboxylic acids is 1. The molecule has 4 aromatic rings. The van der Waals surface area contributed by atoms with E-state index in [-0.39, 0.29) is 12.1 Å². The summed E-state index contributed by atoms with van der Waals surface area (Å²) < 4.78 is 40.2. The number of rotatable bonds is 5. The first-order chi connectivity index (χ1) is 15.6. The Morgan fingerprint density at radius 3 is 2.33 bits per heavy atom. The van der Waals surface area contributed by atoms with E-state index >= 15 is 0 Å². The molecule has 9 heteroatoms. The van der Waals surface area contributed by atoms with Gasteiger partial charge < -0.3 is 15.0 Å². The van der Waals surface area contributed by atoms with Crippen molar-refractivity contribution in [1.82, 2.24) is 9.55 Å². The van der Waals surface area contributed by atoms with Crippen LogP contribution in [0.15, 0.2) is 67.0 Å². The Hall–Kier alpha value is -4.14. The molecule has 2 N–H and O–H groups in total. The van der Waals surface area contributed by atoms with Crippen molar-refractivity contribution in [2.45, 2.75) is 19.6 Å². The first-order valence-corrected chi connectivity index (χ1v) is 9.89. The van der Waals surface area contributed by atoms with Gasteiger partial charge in [-0.15, -0.1) is 0 Å². The number of imidazole rings is 1. The maximum Gasteiger partial charge on any atom is 0.416 e. The second-order valence-electron chi connectivity index (χ2n) is 7.48. The lowest BCUT2D eigenvalue weighted by atomic mass is 10.1. The molecular formula is C24H18F3N3O3. The third-order valence-corrected chi connectivity index (χ3v) is 5.33. The summed E-state index contributed by atoms with van der Waals surface area (Å²) in [7, 11) is 0. The predicted octanol–water partition coefficient (Wildman–Crippen LogP) is 5.36. The molecule has 6 nitrogen and oxygen atoms in total. The van der Waals surface area contributed by atoms with E-state index in [1.807, 2.05) is 0 Å². The zero-order chi connectivity index (χ0) is 23.8. The van der Waals surface area contributed by atoms with Gasteiger partial charge in [-0.25, -0.2) is 9.78 Å². The third-order valence-electron chi connectivity index (χ3n) is 5.33. The average molecular weight is 453 g/mol. The molecule has 0 bridgehead atoms. The molecule has 4 rings (SSSR count). The molecule has 0 unspecified atom stereocenters. The van der Waals surface area contributed by atoms with E-state index in [2.05, 4.69) is 10.3 Å². The largest absolute Gasteiger partial charge is 0.478 e. The fraction of sp³-hybridized carbons (Fsp3) is 0.125. The van der Waals surface area contributed by atoms with Gasteiger partial charge in [-0.2, -0.15) is 13.2 Å². The number of benzene rings is 3. The minimum Gasteiger partial charge on any atom is -0.478 e. The number of alkyl halides is 3. The number of hydrogen-bond donors (Lipinski definition) is 2. The highest BCUT2D eigenvalue weighted by Crippen LogP contribution is 2.29. The summed E-state index contributed by atoms with van der Waals surface area (Å²) in [5.41, 5.74) is 2.11. The number of carboxylic acids is 1. The Morgan fingerprint density at radius 1 is 1.00 bits per heavy atom. The van der Waals surface area contributed by atoms with Crippen LogP contribution in [0.3, 0.4) is 0 Å². The number of carboxylic acid groups (broad SMARTS) is 1. The van der Waals surface area contributed by atoms with Crippen LogP contribution in [0.1, 0.15) is 37.4 Å². The van der Waals surface area contributed by atoms with Gasteiger partial charge in [-0.05, 0) is 54.4 Å². The Bertz CT molecular complexity index is 1360. The quantitative estimate of drug-likeness (QED) is 0.426. The van der Waals surface area contributed by atoms with Crippen molar-refractivity contribution in [3.05, 3.63) is 94.8 Å². The number of anilines is 1. The summed E-state index contributed by atoms with van der Waals surface area (Å²) in [5, 5.41) is 12.1. The number of amides is 1. The highest BCUT2D eigenvalue weighted by Gasteiger charge is 2.30. The second-order valence-corrected chi connectivity index (χ2v) is 7.48. The minimum atomic E-state index is -4.42. The number of fused-ring (bicyclic) bond motifs is 1. The van der Waals surface area contributed by atoms with E-state index in [9.17, 15) is 27.9 Å². The summed E-state index contributed by atoms with van der Waals surface area (Å²) in [4.78, 5) is 28.8. The van der Waals surface area contributed by atoms with Gasteiger partial charge in [0.2, 0.25) is 0 Å². The maximum absolute atomic E-state index is 13.1. The van der Waals surface area contributed by atoms with Crippen LogP contribution in [0, 0.1) is 6.92 Å². The molecule has 0 aliphatic carbocycles. The fourth-order valence-corrected chi connectivity index (χ4v) is 3.62. The van der Waals surface area contributed by atoms with Crippen LogP contribution in [0.4, 0.5) is 18.9 Å².